The lowest BCUT2D eigenvalue weighted by Gasteiger charge is -2.27. The maximum Gasteiger partial charge on any atom is 0.164 e. The van der Waals surface area contributed by atoms with Crippen LogP contribution < -0.4 is 14.8 Å². The zero-order valence-electron chi connectivity index (χ0n) is 34.0. The van der Waals surface area contributed by atoms with E-state index in [-0.39, 0.29) is 47.9 Å². The summed E-state index contributed by atoms with van der Waals surface area (Å²) >= 11 is 0. The van der Waals surface area contributed by atoms with Gasteiger partial charge in [-0.15, -0.1) is 0 Å². The first-order valence-corrected chi connectivity index (χ1v) is 20.8. The Morgan fingerprint density at radius 1 is 0.814 bits per heavy atom. The predicted molar refractivity (Wildman–Crippen MR) is 232 cm³/mol. The van der Waals surface area contributed by atoms with Gasteiger partial charge in [-0.25, -0.2) is 0 Å². The van der Waals surface area contributed by atoms with Crippen molar-refractivity contribution in [1.82, 2.24) is 10.3 Å². The molecule has 1 aliphatic carbocycles. The predicted octanol–water partition coefficient (Wildman–Crippen LogP) is 9.06. The molecule has 0 radical (unpaired) electrons. The fourth-order valence-electron chi connectivity index (χ4n) is 8.84. The summed E-state index contributed by atoms with van der Waals surface area (Å²) in [4.78, 5) is 17.9. The monoisotopic (exact) mass is 796 g/mol. The minimum Gasteiger partial charge on any atom is -0.508 e. The number of fused-ring (bicyclic) bond motifs is 1. The maximum absolute atomic E-state index is 14.7. The van der Waals surface area contributed by atoms with Crippen molar-refractivity contribution in [2.45, 2.75) is 88.9 Å². The fourth-order valence-corrected chi connectivity index (χ4v) is 8.84. The zero-order chi connectivity index (χ0) is 41.3. The number of phenols is 3. The van der Waals surface area contributed by atoms with Gasteiger partial charge < -0.3 is 40.2 Å². The van der Waals surface area contributed by atoms with Crippen LogP contribution in [0.3, 0.4) is 0 Å². The molecular weight excluding hydrogens is 741 g/mol. The van der Waals surface area contributed by atoms with Crippen molar-refractivity contribution in [2.75, 3.05) is 14.2 Å². The average Bonchev–Trinajstić information content (AvgIpc) is 3.75. The zero-order valence-corrected chi connectivity index (χ0v) is 34.0. The Kier molecular flexibility index (Phi) is 13.6. The second kappa shape index (κ2) is 19.3. The van der Waals surface area contributed by atoms with Crippen LogP contribution in [0, 0.1) is 5.92 Å². The highest BCUT2D eigenvalue weighted by molar-refractivity contribution is 5.87. The molecule has 0 amide bonds. The van der Waals surface area contributed by atoms with Crippen molar-refractivity contribution >= 4 is 16.6 Å². The first-order valence-electron chi connectivity index (χ1n) is 20.8. The number of nitrogens with one attached hydrogen (secondary N) is 2. The van der Waals surface area contributed by atoms with Gasteiger partial charge in [0.1, 0.15) is 11.5 Å². The van der Waals surface area contributed by atoms with Crippen LogP contribution in [0.4, 0.5) is 0 Å². The third kappa shape index (κ3) is 10.3. The Hall–Kier alpha value is -5.77. The van der Waals surface area contributed by atoms with Crippen molar-refractivity contribution in [3.63, 3.8) is 0 Å². The minimum absolute atomic E-state index is 0.0331. The molecule has 1 saturated carbocycles. The fraction of sp³-hybridized carbons (Fsp3) is 0.340. The van der Waals surface area contributed by atoms with Crippen molar-refractivity contribution in [3.8, 4) is 28.7 Å². The summed E-state index contributed by atoms with van der Waals surface area (Å²) in [5.74, 6) is -0.302. The molecule has 308 valence electrons. The van der Waals surface area contributed by atoms with E-state index >= 15 is 0 Å². The number of carbonyl (C=O) groups is 1. The average molecular weight is 797 g/mol. The number of aliphatic hydroxyl groups excluding tert-OH is 1. The molecule has 7 rings (SSSR count). The van der Waals surface area contributed by atoms with Gasteiger partial charge in [-0.2, -0.15) is 0 Å². The van der Waals surface area contributed by atoms with Gasteiger partial charge in [0, 0.05) is 43.3 Å². The summed E-state index contributed by atoms with van der Waals surface area (Å²) < 4.78 is 12.1. The van der Waals surface area contributed by atoms with E-state index in [1.807, 2.05) is 68.0 Å². The van der Waals surface area contributed by atoms with Gasteiger partial charge in [-0.3, -0.25) is 4.79 Å². The number of carbonyl (C=O) groups excluding carboxylic acids is 1. The number of H-pyrrole nitrogens is 1. The molecule has 3 atom stereocenters. The van der Waals surface area contributed by atoms with Gasteiger partial charge in [-0.1, -0.05) is 67.1 Å². The molecule has 6 N–H and O–H groups in total. The second-order valence-corrected chi connectivity index (χ2v) is 16.1. The Balaban J connectivity index is 1.20. The van der Waals surface area contributed by atoms with E-state index in [0.29, 0.717) is 42.9 Å². The Labute approximate surface area is 346 Å². The van der Waals surface area contributed by atoms with Crippen LogP contribution in [0.2, 0.25) is 0 Å². The highest BCUT2D eigenvalue weighted by Crippen LogP contribution is 2.39. The van der Waals surface area contributed by atoms with Gasteiger partial charge in [-0.05, 0) is 138 Å². The molecule has 6 aromatic rings. The van der Waals surface area contributed by atoms with Crippen LogP contribution in [0.5, 0.6) is 28.7 Å². The molecule has 0 spiro atoms. The van der Waals surface area contributed by atoms with Gasteiger partial charge in [0.2, 0.25) is 0 Å². The minimum atomic E-state index is -1.04. The number of aliphatic hydroxyl groups is 1. The lowest BCUT2D eigenvalue weighted by Crippen LogP contribution is -2.30. The highest BCUT2D eigenvalue weighted by atomic mass is 16.5. The molecule has 1 aromatic heterocycles. The van der Waals surface area contributed by atoms with Crippen LogP contribution in [-0.4, -0.2) is 57.6 Å². The van der Waals surface area contributed by atoms with Crippen molar-refractivity contribution in [1.29, 1.82) is 0 Å². The Morgan fingerprint density at radius 3 is 2.39 bits per heavy atom. The number of aromatic hydroxyl groups is 3. The Morgan fingerprint density at radius 2 is 1.61 bits per heavy atom. The first-order chi connectivity index (χ1) is 28.7. The number of aromatic amines is 1. The normalized spacial score (nSPS) is 14.8. The van der Waals surface area contributed by atoms with E-state index in [0.717, 1.165) is 69.8 Å². The molecule has 0 saturated heterocycles. The number of phenolic OH excluding ortho intramolecular Hbond substituents is 3. The molecule has 1 aliphatic rings. The highest BCUT2D eigenvalue weighted by Gasteiger charge is 2.30. The topological polar surface area (TPSA) is 144 Å². The molecular formula is C50H56N2O7. The first kappa shape index (κ1) is 41.4. The standard InChI is InChI=1S/C50H56N2O7/c1-51-30-34-22-38(27-40(53)23-34)43(24-32-15-17-45(54)49(25-32)59-41-12-4-3-5-13-41)48(57)29-47(56)39(21-33-19-20-52-31-33)26-37-16-18-46(55)50(58-2)44(37)28-36-11-8-10-35-9-6-7-14-42(35)36/h6-11,14-20,22-23,25,27,31,39,41,43,47,51-56H,3-5,12-13,21,24,26,28-30H2,1-2H3. The Bertz CT molecular complexity index is 2330. The summed E-state index contributed by atoms with van der Waals surface area (Å²) in [7, 11) is 3.38. The summed E-state index contributed by atoms with van der Waals surface area (Å²) in [5, 5.41) is 50.2. The molecule has 1 fully saturated rings. The quantitative estimate of drug-likeness (QED) is 0.0506. The number of methoxy groups -OCH3 is 1. The third-order valence-corrected chi connectivity index (χ3v) is 11.9. The molecule has 9 heteroatoms. The van der Waals surface area contributed by atoms with Gasteiger partial charge in [0.25, 0.3) is 0 Å². The van der Waals surface area contributed by atoms with E-state index in [4.69, 9.17) is 9.47 Å². The van der Waals surface area contributed by atoms with Crippen LogP contribution in [-0.2, 0) is 37.0 Å². The lowest BCUT2D eigenvalue weighted by atomic mass is 9.80. The molecule has 3 unspecified atom stereocenters. The molecule has 0 bridgehead atoms. The summed E-state index contributed by atoms with van der Waals surface area (Å²) in [5.41, 5.74) is 6.11. The summed E-state index contributed by atoms with van der Waals surface area (Å²) in [6.07, 6.45) is 9.55. The number of aromatic nitrogens is 1. The van der Waals surface area contributed by atoms with E-state index in [9.17, 15) is 25.2 Å². The molecule has 9 nitrogen and oxygen atoms in total. The number of hydrogen-bond donors (Lipinski definition) is 6. The largest absolute Gasteiger partial charge is 0.508 e. The van der Waals surface area contributed by atoms with E-state index in [1.165, 1.54) is 6.42 Å². The SMILES string of the molecule is CNCc1cc(O)cc(C(Cc2ccc(O)c(OC3CCCCC3)c2)C(=O)CC(O)C(Cc2cc[nH]c2)Cc2ccc(O)c(OC)c2Cc2cccc3ccccc23)c1. The van der Waals surface area contributed by atoms with Crippen LogP contribution in [0.25, 0.3) is 10.8 Å². The van der Waals surface area contributed by atoms with Crippen molar-refractivity contribution in [2.24, 2.45) is 5.92 Å². The molecule has 1 heterocycles. The van der Waals surface area contributed by atoms with Gasteiger partial charge >= 0.3 is 0 Å². The third-order valence-electron chi connectivity index (χ3n) is 11.9. The van der Waals surface area contributed by atoms with Crippen LogP contribution >= 0.6 is 0 Å². The number of benzene rings is 5. The molecule has 0 aliphatic heterocycles. The van der Waals surface area contributed by atoms with E-state index < -0.39 is 12.0 Å². The van der Waals surface area contributed by atoms with Gasteiger partial charge in [0.05, 0.1) is 19.3 Å². The number of rotatable bonds is 18. The number of hydrogen-bond acceptors (Lipinski definition) is 8. The summed E-state index contributed by atoms with van der Waals surface area (Å²) in [6.45, 7) is 0.499. The number of ether oxygens (including phenoxy) is 2. The van der Waals surface area contributed by atoms with Crippen LogP contribution in [0.15, 0.2) is 109 Å². The van der Waals surface area contributed by atoms with Gasteiger partial charge in [0.15, 0.2) is 23.0 Å². The van der Waals surface area contributed by atoms with Crippen molar-refractivity contribution in [3.05, 3.63) is 148 Å². The number of Topliss-reactive ketones (excluding diaryl/α,β-unsaturated/α-hetero) is 1. The van der Waals surface area contributed by atoms with E-state index in [1.54, 1.807) is 31.4 Å². The smallest absolute Gasteiger partial charge is 0.164 e. The summed E-state index contributed by atoms with van der Waals surface area (Å²) in [6, 6.07) is 30.4. The second-order valence-electron chi connectivity index (χ2n) is 16.1. The van der Waals surface area contributed by atoms with Crippen LogP contribution in [0.1, 0.15) is 83.4 Å². The van der Waals surface area contributed by atoms with E-state index in [2.05, 4.69) is 34.6 Å². The number of ketones is 1. The molecule has 59 heavy (non-hydrogen) atoms. The maximum atomic E-state index is 14.7. The lowest BCUT2D eigenvalue weighted by molar-refractivity contribution is -0.123. The van der Waals surface area contributed by atoms with Crippen molar-refractivity contribution < 1.29 is 34.7 Å². The molecule has 5 aromatic carbocycles.